The molecule has 1 aliphatic rings. The first kappa shape index (κ1) is 24.6. The topological polar surface area (TPSA) is 81.5 Å². The van der Waals surface area contributed by atoms with Crippen molar-refractivity contribution in [2.75, 3.05) is 14.1 Å². The van der Waals surface area contributed by atoms with Crippen molar-refractivity contribution in [1.82, 2.24) is 14.5 Å². The van der Waals surface area contributed by atoms with Gasteiger partial charge in [0.05, 0.1) is 10.9 Å². The molecule has 1 amide bonds. The quantitative estimate of drug-likeness (QED) is 0.400. The molecular formula is C28H33N3O4. The van der Waals surface area contributed by atoms with Gasteiger partial charge in [-0.15, -0.1) is 0 Å². The molecule has 0 saturated carbocycles. The number of carbonyl (C=O) groups excluding carboxylic acids is 3. The normalized spacial score (nSPS) is 15.4. The molecule has 0 spiro atoms. The minimum absolute atomic E-state index is 0.129. The Bertz CT molecular complexity index is 1340. The molecule has 0 saturated heterocycles. The molecule has 1 aliphatic carbocycles. The van der Waals surface area contributed by atoms with Crippen molar-refractivity contribution in [2.45, 2.75) is 47.0 Å². The highest BCUT2D eigenvalue weighted by molar-refractivity contribution is 6.03. The van der Waals surface area contributed by atoms with E-state index in [1.807, 2.05) is 48.9 Å². The Morgan fingerprint density at radius 1 is 1.20 bits per heavy atom. The summed E-state index contributed by atoms with van der Waals surface area (Å²) in [5, 5.41) is 0. The van der Waals surface area contributed by atoms with Crippen molar-refractivity contribution in [3.8, 4) is 5.75 Å². The van der Waals surface area contributed by atoms with E-state index >= 15 is 0 Å². The first-order valence-corrected chi connectivity index (χ1v) is 11.9. The van der Waals surface area contributed by atoms with Gasteiger partial charge in [0.25, 0.3) is 5.91 Å². The van der Waals surface area contributed by atoms with Crippen molar-refractivity contribution in [2.24, 2.45) is 18.4 Å². The highest BCUT2D eigenvalue weighted by Gasteiger charge is 2.33. The van der Waals surface area contributed by atoms with Gasteiger partial charge in [0.2, 0.25) is 0 Å². The molecule has 2 aromatic carbocycles. The molecule has 1 heterocycles. The lowest BCUT2D eigenvalue weighted by atomic mass is 9.92. The summed E-state index contributed by atoms with van der Waals surface area (Å²) in [7, 11) is 5.27. The van der Waals surface area contributed by atoms with E-state index in [0.29, 0.717) is 41.7 Å². The van der Waals surface area contributed by atoms with Gasteiger partial charge in [0, 0.05) is 43.8 Å². The SMILES string of the molecule is Cc1nc2c(OC(=O)C(C)(C)C)c(CCC3Cc4ccccc4C3=O)c(C(=O)N(C)C)cc2n1C. The van der Waals surface area contributed by atoms with E-state index in [4.69, 9.17) is 4.74 Å². The molecule has 0 N–H and O–H groups in total. The number of aromatic nitrogens is 2. The van der Waals surface area contributed by atoms with E-state index in [2.05, 4.69) is 4.98 Å². The van der Waals surface area contributed by atoms with E-state index in [-0.39, 0.29) is 17.6 Å². The summed E-state index contributed by atoms with van der Waals surface area (Å²) in [5.41, 5.74) is 3.45. The lowest BCUT2D eigenvalue weighted by Gasteiger charge is -2.22. The van der Waals surface area contributed by atoms with Crippen LogP contribution in [0.15, 0.2) is 30.3 Å². The average molecular weight is 476 g/mol. The lowest BCUT2D eigenvalue weighted by Crippen LogP contribution is -2.28. The predicted octanol–water partition coefficient (Wildman–Crippen LogP) is 4.52. The second kappa shape index (κ2) is 8.95. The highest BCUT2D eigenvalue weighted by atomic mass is 16.5. The number of ether oxygens (including phenoxy) is 1. The number of benzene rings is 2. The number of imidazole rings is 1. The van der Waals surface area contributed by atoms with Gasteiger partial charge < -0.3 is 14.2 Å². The number of carbonyl (C=O) groups is 3. The number of ketones is 1. The van der Waals surface area contributed by atoms with Crippen LogP contribution in [0.3, 0.4) is 0 Å². The summed E-state index contributed by atoms with van der Waals surface area (Å²) in [5.74, 6) is 0.428. The molecule has 184 valence electrons. The van der Waals surface area contributed by atoms with Gasteiger partial charge in [-0.2, -0.15) is 0 Å². The largest absolute Gasteiger partial charge is 0.423 e. The molecule has 1 atom stereocenters. The standard InChI is InChI=1S/C28H33N3O4/c1-16-29-23-22(31(16)7)15-21(26(33)30(5)6)20(25(23)35-27(34)28(2,3)4)13-12-18-14-17-10-8-9-11-19(17)24(18)32/h8-11,15,18H,12-14H2,1-7H3. The van der Waals surface area contributed by atoms with Crippen LogP contribution in [0.1, 0.15) is 64.9 Å². The highest BCUT2D eigenvalue weighted by Crippen LogP contribution is 2.38. The van der Waals surface area contributed by atoms with Crippen LogP contribution in [0, 0.1) is 18.3 Å². The average Bonchev–Trinajstić information content (AvgIpc) is 3.27. The third-order valence-electron chi connectivity index (χ3n) is 6.76. The monoisotopic (exact) mass is 475 g/mol. The first-order valence-electron chi connectivity index (χ1n) is 11.9. The van der Waals surface area contributed by atoms with Crippen LogP contribution in [-0.4, -0.2) is 46.2 Å². The Morgan fingerprint density at radius 2 is 1.89 bits per heavy atom. The Morgan fingerprint density at radius 3 is 2.51 bits per heavy atom. The molecule has 35 heavy (non-hydrogen) atoms. The summed E-state index contributed by atoms with van der Waals surface area (Å²) >= 11 is 0. The maximum absolute atomic E-state index is 13.3. The second-order valence-corrected chi connectivity index (χ2v) is 10.6. The van der Waals surface area contributed by atoms with Gasteiger partial charge in [-0.3, -0.25) is 14.4 Å². The maximum Gasteiger partial charge on any atom is 0.316 e. The minimum atomic E-state index is -0.738. The Labute approximate surface area is 206 Å². The Hall–Kier alpha value is -3.48. The number of fused-ring (bicyclic) bond motifs is 2. The summed E-state index contributed by atoms with van der Waals surface area (Å²) in [4.78, 5) is 45.5. The Kier molecular flexibility index (Phi) is 6.30. The smallest absolute Gasteiger partial charge is 0.316 e. The number of hydrogen-bond donors (Lipinski definition) is 0. The second-order valence-electron chi connectivity index (χ2n) is 10.6. The molecule has 3 aromatic rings. The lowest BCUT2D eigenvalue weighted by molar-refractivity contribution is -0.142. The molecular weight excluding hydrogens is 442 g/mol. The van der Waals surface area contributed by atoms with Gasteiger partial charge in [-0.1, -0.05) is 24.3 Å². The van der Waals surface area contributed by atoms with Crippen LogP contribution in [0.5, 0.6) is 5.75 Å². The van der Waals surface area contributed by atoms with Crippen LogP contribution < -0.4 is 4.74 Å². The molecule has 1 unspecified atom stereocenters. The van der Waals surface area contributed by atoms with Crippen LogP contribution in [0.25, 0.3) is 11.0 Å². The van der Waals surface area contributed by atoms with E-state index in [1.165, 1.54) is 4.90 Å². The van der Waals surface area contributed by atoms with E-state index in [1.54, 1.807) is 34.9 Å². The van der Waals surface area contributed by atoms with Gasteiger partial charge in [0.15, 0.2) is 11.5 Å². The van der Waals surface area contributed by atoms with Crippen LogP contribution in [0.4, 0.5) is 0 Å². The number of amides is 1. The van der Waals surface area contributed by atoms with E-state index in [0.717, 1.165) is 22.5 Å². The van der Waals surface area contributed by atoms with Crippen LogP contribution in [-0.2, 0) is 24.7 Å². The molecule has 0 radical (unpaired) electrons. The molecule has 4 rings (SSSR count). The number of rotatable bonds is 5. The number of hydrogen-bond acceptors (Lipinski definition) is 5. The van der Waals surface area contributed by atoms with Gasteiger partial charge in [0.1, 0.15) is 11.3 Å². The zero-order valence-electron chi connectivity index (χ0n) is 21.6. The van der Waals surface area contributed by atoms with Gasteiger partial charge in [-0.25, -0.2) is 4.98 Å². The maximum atomic E-state index is 13.3. The Balaban J connectivity index is 1.82. The van der Waals surface area contributed by atoms with Crippen LogP contribution in [0.2, 0.25) is 0 Å². The third-order valence-corrected chi connectivity index (χ3v) is 6.76. The summed E-state index contributed by atoms with van der Waals surface area (Å²) in [6, 6.07) is 9.52. The van der Waals surface area contributed by atoms with Crippen molar-refractivity contribution < 1.29 is 19.1 Å². The molecule has 0 bridgehead atoms. The third kappa shape index (κ3) is 4.47. The van der Waals surface area contributed by atoms with Crippen molar-refractivity contribution in [1.29, 1.82) is 0 Å². The number of nitrogens with zero attached hydrogens (tertiary/aromatic N) is 3. The predicted molar refractivity (Wildman–Crippen MR) is 135 cm³/mol. The van der Waals surface area contributed by atoms with E-state index in [9.17, 15) is 14.4 Å². The zero-order valence-corrected chi connectivity index (χ0v) is 21.6. The molecule has 1 aromatic heterocycles. The molecule has 7 nitrogen and oxygen atoms in total. The van der Waals surface area contributed by atoms with E-state index < -0.39 is 11.4 Å². The summed E-state index contributed by atoms with van der Waals surface area (Å²) in [6.45, 7) is 7.24. The van der Waals surface area contributed by atoms with Crippen molar-refractivity contribution in [3.63, 3.8) is 0 Å². The molecule has 7 heteroatoms. The molecule has 0 aliphatic heterocycles. The van der Waals surface area contributed by atoms with Gasteiger partial charge >= 0.3 is 5.97 Å². The number of aryl methyl sites for hydroxylation is 2. The number of Topliss-reactive ketones (excluding diaryl/α,β-unsaturated/α-hetero) is 1. The van der Waals surface area contributed by atoms with Crippen LogP contribution >= 0.6 is 0 Å². The zero-order chi connectivity index (χ0) is 25.7. The summed E-state index contributed by atoms with van der Waals surface area (Å²) < 4.78 is 7.88. The minimum Gasteiger partial charge on any atom is -0.423 e. The first-order chi connectivity index (χ1) is 16.4. The fourth-order valence-corrected chi connectivity index (χ4v) is 4.55. The fraction of sp³-hybridized carbons (Fsp3) is 0.429. The van der Waals surface area contributed by atoms with Crippen molar-refractivity contribution >= 4 is 28.7 Å². The molecule has 0 fully saturated rings. The van der Waals surface area contributed by atoms with Gasteiger partial charge in [-0.05, 0) is 58.6 Å². The number of esters is 1. The fourth-order valence-electron chi connectivity index (χ4n) is 4.55. The van der Waals surface area contributed by atoms with Crippen molar-refractivity contribution in [3.05, 3.63) is 58.4 Å². The summed E-state index contributed by atoms with van der Waals surface area (Å²) in [6.07, 6.45) is 1.63.